The maximum absolute atomic E-state index is 12.3. The number of allylic oxidation sites excluding steroid dienone is 1. The van der Waals surface area contributed by atoms with Crippen LogP contribution in [0.2, 0.25) is 0 Å². The van der Waals surface area contributed by atoms with Crippen LogP contribution in [0.1, 0.15) is 24.0 Å². The molecule has 3 nitrogen and oxygen atoms in total. The number of carbonyl (C=O) groups is 1. The van der Waals surface area contributed by atoms with Gasteiger partial charge in [-0.1, -0.05) is 53.6 Å². The summed E-state index contributed by atoms with van der Waals surface area (Å²) in [5.41, 5.74) is 3.20. The van der Waals surface area contributed by atoms with Gasteiger partial charge < -0.3 is 9.64 Å². The van der Waals surface area contributed by atoms with Crippen LogP contribution in [0.3, 0.4) is 0 Å². The van der Waals surface area contributed by atoms with Crippen molar-refractivity contribution in [2.45, 2.75) is 30.7 Å². The monoisotopic (exact) mass is 335 g/mol. The molecule has 1 aromatic rings. The number of carbonyl (C=O) groups excluding carboxylic acids is 1. The summed E-state index contributed by atoms with van der Waals surface area (Å²) >= 11 is 12.4. The van der Waals surface area contributed by atoms with Gasteiger partial charge in [-0.25, -0.2) is 4.79 Å². The first-order chi connectivity index (χ1) is 10.5. The quantitative estimate of drug-likeness (QED) is 0.367. The zero-order valence-electron chi connectivity index (χ0n) is 12.6. The predicted octanol–water partition coefficient (Wildman–Crippen LogP) is 3.23. The molecule has 1 saturated heterocycles. The summed E-state index contributed by atoms with van der Waals surface area (Å²) in [5, 5.41) is 0. The maximum Gasteiger partial charge on any atom is 0.333 e. The lowest BCUT2D eigenvalue weighted by Gasteiger charge is -2.33. The molecule has 0 aliphatic carbocycles. The normalized spacial score (nSPS) is 26.6. The Morgan fingerprint density at radius 2 is 2.09 bits per heavy atom. The number of esters is 1. The third-order valence-electron chi connectivity index (χ3n) is 4.37. The fraction of sp³-hybridized carbons (Fsp3) is 0.412. The number of halogens is 1. The van der Waals surface area contributed by atoms with E-state index in [0.29, 0.717) is 4.86 Å². The van der Waals surface area contributed by atoms with Crippen molar-refractivity contribution in [1.29, 1.82) is 0 Å². The number of hydrogen-bond acceptors (Lipinski definition) is 4. The second-order valence-corrected chi connectivity index (χ2v) is 6.89. The topological polar surface area (TPSA) is 29.5 Å². The Morgan fingerprint density at radius 3 is 2.73 bits per heavy atom. The summed E-state index contributed by atoms with van der Waals surface area (Å²) in [4.78, 5) is 13.9. The number of rotatable bonds is 3. The van der Waals surface area contributed by atoms with Crippen molar-refractivity contribution in [3.05, 3.63) is 47.2 Å². The second kappa shape index (κ2) is 5.67. The predicted molar refractivity (Wildman–Crippen MR) is 91.3 cm³/mol. The van der Waals surface area contributed by atoms with Gasteiger partial charge in [0.2, 0.25) is 0 Å². The number of alkyl halides is 1. The summed E-state index contributed by atoms with van der Waals surface area (Å²) in [6.07, 6.45) is 3.82. The molecule has 2 aliphatic rings. The molecule has 1 aromatic carbocycles. The van der Waals surface area contributed by atoms with E-state index in [2.05, 4.69) is 4.90 Å². The smallest absolute Gasteiger partial charge is 0.333 e. The summed E-state index contributed by atoms with van der Waals surface area (Å²) in [5.74, 6) is -0.449. The van der Waals surface area contributed by atoms with Gasteiger partial charge >= 0.3 is 5.97 Å². The Kier molecular flexibility index (Phi) is 4.00. The van der Waals surface area contributed by atoms with Crippen molar-refractivity contribution in [3.63, 3.8) is 0 Å². The van der Waals surface area contributed by atoms with Crippen LogP contribution in [0.25, 0.3) is 0 Å². The molecule has 116 valence electrons. The zero-order chi connectivity index (χ0) is 15.9. The van der Waals surface area contributed by atoms with E-state index >= 15 is 0 Å². The SMILES string of the molecule is COC(=O)C1(Cl)C=C2CCCN2C1C(=S)c1ccc(C)cc1. The summed E-state index contributed by atoms with van der Waals surface area (Å²) in [6.45, 7) is 2.90. The fourth-order valence-corrected chi connectivity index (χ4v) is 4.19. The highest BCUT2D eigenvalue weighted by Crippen LogP contribution is 2.43. The van der Waals surface area contributed by atoms with Crippen LogP contribution >= 0.6 is 23.8 Å². The Balaban J connectivity index is 2.00. The van der Waals surface area contributed by atoms with Gasteiger partial charge in [-0.3, -0.25) is 0 Å². The van der Waals surface area contributed by atoms with E-state index in [1.165, 1.54) is 12.7 Å². The molecule has 0 aromatic heterocycles. The van der Waals surface area contributed by atoms with Gasteiger partial charge in [0.15, 0.2) is 4.87 Å². The van der Waals surface area contributed by atoms with Crippen LogP contribution in [0, 0.1) is 6.92 Å². The first kappa shape index (κ1) is 15.5. The minimum atomic E-state index is -1.23. The number of fused-ring (bicyclic) bond motifs is 1. The number of nitrogens with zero attached hydrogens (tertiary/aromatic N) is 1. The van der Waals surface area contributed by atoms with E-state index < -0.39 is 10.8 Å². The molecule has 2 unspecified atom stereocenters. The molecular formula is C17H18ClNO2S. The zero-order valence-corrected chi connectivity index (χ0v) is 14.2. The molecule has 3 rings (SSSR count). The Bertz CT molecular complexity index is 655. The fourth-order valence-electron chi connectivity index (χ4n) is 3.25. The van der Waals surface area contributed by atoms with Crippen LogP contribution in [0.5, 0.6) is 0 Å². The van der Waals surface area contributed by atoms with Gasteiger partial charge in [-0.05, 0) is 31.4 Å². The maximum atomic E-state index is 12.3. The summed E-state index contributed by atoms with van der Waals surface area (Å²) < 4.78 is 4.94. The number of benzene rings is 1. The molecule has 2 aliphatic heterocycles. The van der Waals surface area contributed by atoms with E-state index in [1.54, 1.807) is 0 Å². The van der Waals surface area contributed by atoms with E-state index in [1.807, 2.05) is 37.3 Å². The third-order valence-corrected chi connectivity index (χ3v) is 5.30. The van der Waals surface area contributed by atoms with Crippen LogP contribution in [-0.4, -0.2) is 40.3 Å². The molecule has 0 amide bonds. The van der Waals surface area contributed by atoms with Crippen LogP contribution < -0.4 is 0 Å². The number of thiocarbonyl (C=S) groups is 1. The van der Waals surface area contributed by atoms with Gasteiger partial charge in [0.1, 0.15) is 0 Å². The third kappa shape index (κ3) is 2.34. The van der Waals surface area contributed by atoms with Crippen molar-refractivity contribution in [2.75, 3.05) is 13.7 Å². The van der Waals surface area contributed by atoms with Crippen LogP contribution in [0.4, 0.5) is 0 Å². The molecule has 0 spiro atoms. The van der Waals surface area contributed by atoms with Crippen molar-refractivity contribution >= 4 is 34.7 Å². The first-order valence-electron chi connectivity index (χ1n) is 7.34. The van der Waals surface area contributed by atoms with E-state index in [4.69, 9.17) is 28.6 Å². The first-order valence-corrected chi connectivity index (χ1v) is 8.12. The Hall–Kier alpha value is -1.39. The van der Waals surface area contributed by atoms with E-state index in [-0.39, 0.29) is 6.04 Å². The number of hydrogen-bond donors (Lipinski definition) is 0. The Labute approximate surface area is 140 Å². The van der Waals surface area contributed by atoms with Gasteiger partial charge in [-0.2, -0.15) is 0 Å². The number of methoxy groups -OCH3 is 1. The lowest BCUT2D eigenvalue weighted by atomic mass is 9.93. The molecule has 0 N–H and O–H groups in total. The molecule has 2 atom stereocenters. The Morgan fingerprint density at radius 1 is 1.41 bits per heavy atom. The molecule has 0 bridgehead atoms. The minimum Gasteiger partial charge on any atom is -0.467 e. The van der Waals surface area contributed by atoms with Gasteiger partial charge in [0.05, 0.1) is 13.2 Å². The average Bonchev–Trinajstić information content (AvgIpc) is 3.04. The number of ether oxygens (including phenoxy) is 1. The number of aryl methyl sites for hydroxylation is 1. The standard InChI is InChI=1S/C17H18ClNO2S/c1-11-5-7-12(8-6-11)14(22)15-17(18,16(20)21-2)10-13-4-3-9-19(13)15/h5-8,10,15H,3-4,9H2,1-2H3. The van der Waals surface area contributed by atoms with Crippen molar-refractivity contribution < 1.29 is 9.53 Å². The molecular weight excluding hydrogens is 318 g/mol. The van der Waals surface area contributed by atoms with E-state index in [9.17, 15) is 4.79 Å². The van der Waals surface area contributed by atoms with Gasteiger partial charge in [-0.15, -0.1) is 0 Å². The van der Waals surface area contributed by atoms with Crippen molar-refractivity contribution in [3.8, 4) is 0 Å². The summed E-state index contributed by atoms with van der Waals surface area (Å²) in [7, 11) is 1.36. The highest BCUT2D eigenvalue weighted by molar-refractivity contribution is 7.81. The largest absolute Gasteiger partial charge is 0.467 e. The van der Waals surface area contributed by atoms with Gasteiger partial charge in [0.25, 0.3) is 0 Å². The lowest BCUT2D eigenvalue weighted by molar-refractivity contribution is -0.142. The lowest BCUT2D eigenvalue weighted by Crippen LogP contribution is -2.51. The van der Waals surface area contributed by atoms with Crippen molar-refractivity contribution in [2.24, 2.45) is 0 Å². The highest BCUT2D eigenvalue weighted by Gasteiger charge is 2.54. The molecule has 0 saturated carbocycles. The van der Waals surface area contributed by atoms with Crippen LogP contribution in [0.15, 0.2) is 36.0 Å². The molecule has 1 fully saturated rings. The average molecular weight is 336 g/mol. The highest BCUT2D eigenvalue weighted by atomic mass is 35.5. The molecule has 22 heavy (non-hydrogen) atoms. The summed E-state index contributed by atoms with van der Waals surface area (Å²) in [6, 6.07) is 7.64. The second-order valence-electron chi connectivity index (χ2n) is 5.83. The van der Waals surface area contributed by atoms with Crippen LogP contribution in [-0.2, 0) is 9.53 Å². The van der Waals surface area contributed by atoms with E-state index in [0.717, 1.165) is 30.6 Å². The van der Waals surface area contributed by atoms with Gasteiger partial charge in [0, 0.05) is 17.1 Å². The molecule has 2 heterocycles. The molecule has 5 heteroatoms. The van der Waals surface area contributed by atoms with Crippen molar-refractivity contribution in [1.82, 2.24) is 4.90 Å². The minimum absolute atomic E-state index is 0.364. The molecule has 0 radical (unpaired) electrons.